The molecular weight excluding hydrogens is 374 g/mol. The van der Waals surface area contributed by atoms with E-state index in [4.69, 9.17) is 0 Å². The Morgan fingerprint density at radius 2 is 1.87 bits per heavy atom. The van der Waals surface area contributed by atoms with Gasteiger partial charge in [-0.2, -0.15) is 5.26 Å². The van der Waals surface area contributed by atoms with E-state index in [0.717, 1.165) is 23.7 Å². The quantitative estimate of drug-likeness (QED) is 0.493. The van der Waals surface area contributed by atoms with Gasteiger partial charge >= 0.3 is 0 Å². The second-order valence-electron chi connectivity index (χ2n) is 8.24. The highest BCUT2D eigenvalue weighted by molar-refractivity contribution is 5.94. The van der Waals surface area contributed by atoms with E-state index in [2.05, 4.69) is 23.8 Å². The molecule has 1 aliphatic heterocycles. The van der Waals surface area contributed by atoms with Crippen LogP contribution in [0.15, 0.2) is 53.3 Å². The minimum atomic E-state index is -0.271. The first-order valence-electron chi connectivity index (χ1n) is 10.1. The number of Topliss-reactive ketones (excluding diaryl/α,β-unsaturated/α-hetero) is 1. The monoisotopic (exact) mass is 398 g/mol. The van der Waals surface area contributed by atoms with Gasteiger partial charge in [0.1, 0.15) is 18.8 Å². The molecule has 0 amide bonds. The Morgan fingerprint density at radius 1 is 1.17 bits per heavy atom. The van der Waals surface area contributed by atoms with Crippen LogP contribution in [0.2, 0.25) is 0 Å². The molecule has 1 aliphatic rings. The number of nitrogens with zero attached hydrogens (tertiary/aromatic N) is 3. The standard InChI is InChI=1S/C25H24N3O2/c1-17(29)18-8-10-19(11-9-18)25(2)12-14-28(15-13-25)23-20-6-4-5-7-22(20)27(3)24(30)21(23)16-26/h4-11,14H,12-13,15H2,1-3H3/q+1. The minimum Gasteiger partial charge on any atom is -0.310 e. The fraction of sp³-hybridized carbons (Fsp3) is 0.280. The zero-order chi connectivity index (χ0) is 21.5. The van der Waals surface area contributed by atoms with E-state index in [1.54, 1.807) is 18.5 Å². The number of rotatable bonds is 3. The molecule has 0 radical (unpaired) electrons. The fourth-order valence-electron chi connectivity index (χ4n) is 4.32. The van der Waals surface area contributed by atoms with Crippen molar-refractivity contribution in [2.45, 2.75) is 32.1 Å². The first-order valence-corrected chi connectivity index (χ1v) is 10.1. The SMILES string of the molecule is CC(=O)c1ccc(C2(C)CC=[N+](c3c(C#N)c(=O)n(C)c4ccccc34)CC2)cc1. The van der Waals surface area contributed by atoms with Crippen molar-refractivity contribution in [1.29, 1.82) is 5.26 Å². The Morgan fingerprint density at radius 3 is 2.47 bits per heavy atom. The number of aryl methyl sites for hydroxylation is 1. The topological polar surface area (TPSA) is 65.9 Å². The summed E-state index contributed by atoms with van der Waals surface area (Å²) in [6.07, 6.45) is 3.75. The molecule has 3 aromatic rings. The maximum Gasteiger partial charge on any atom is 0.275 e. The molecule has 0 spiro atoms. The Balaban J connectivity index is 1.78. The van der Waals surface area contributed by atoms with Gasteiger partial charge in [0.2, 0.25) is 5.69 Å². The van der Waals surface area contributed by atoms with Crippen molar-refractivity contribution in [3.8, 4) is 6.07 Å². The number of carbonyl (C=O) groups is 1. The predicted molar refractivity (Wildman–Crippen MR) is 118 cm³/mol. The summed E-state index contributed by atoms with van der Waals surface area (Å²) in [5.74, 6) is 0.0645. The van der Waals surface area contributed by atoms with Gasteiger partial charge in [-0.3, -0.25) is 9.59 Å². The van der Waals surface area contributed by atoms with E-state index in [-0.39, 0.29) is 22.3 Å². The van der Waals surface area contributed by atoms with E-state index in [0.29, 0.717) is 17.8 Å². The van der Waals surface area contributed by atoms with Crippen LogP contribution in [0.4, 0.5) is 5.69 Å². The Kier molecular flexibility index (Phi) is 4.87. The predicted octanol–water partition coefficient (Wildman–Crippen LogP) is 4.08. The number of benzene rings is 2. The maximum atomic E-state index is 12.8. The van der Waals surface area contributed by atoms with Gasteiger partial charge in [0.05, 0.1) is 10.9 Å². The first-order chi connectivity index (χ1) is 14.4. The summed E-state index contributed by atoms with van der Waals surface area (Å²) in [6, 6.07) is 17.7. The molecule has 0 bridgehead atoms. The largest absolute Gasteiger partial charge is 0.310 e. The van der Waals surface area contributed by atoms with Crippen LogP contribution in [-0.2, 0) is 12.5 Å². The Bertz CT molecular complexity index is 1290. The lowest BCUT2D eigenvalue weighted by Gasteiger charge is -2.30. The molecule has 5 nitrogen and oxygen atoms in total. The van der Waals surface area contributed by atoms with E-state index in [1.165, 1.54) is 5.56 Å². The lowest BCUT2D eigenvalue weighted by molar-refractivity contribution is -0.443. The first kappa shape index (κ1) is 19.8. The highest BCUT2D eigenvalue weighted by Gasteiger charge is 2.35. The van der Waals surface area contributed by atoms with E-state index < -0.39 is 0 Å². The van der Waals surface area contributed by atoms with Gasteiger partial charge in [0, 0.05) is 30.9 Å². The van der Waals surface area contributed by atoms with Gasteiger partial charge in [-0.05, 0) is 24.6 Å². The Hall–Kier alpha value is -3.52. The molecule has 2 heterocycles. The smallest absolute Gasteiger partial charge is 0.275 e. The van der Waals surface area contributed by atoms with Crippen LogP contribution in [0.1, 0.15) is 48.2 Å². The molecule has 0 fully saturated rings. The molecule has 1 unspecified atom stereocenters. The van der Waals surface area contributed by atoms with Crippen LogP contribution in [0.25, 0.3) is 10.9 Å². The maximum absolute atomic E-state index is 12.8. The van der Waals surface area contributed by atoms with E-state index in [1.807, 2.05) is 48.5 Å². The van der Waals surface area contributed by atoms with Crippen molar-refractivity contribution < 1.29 is 9.37 Å². The zero-order valence-corrected chi connectivity index (χ0v) is 17.5. The second kappa shape index (κ2) is 7.38. The molecule has 30 heavy (non-hydrogen) atoms. The molecule has 1 aromatic heterocycles. The van der Waals surface area contributed by atoms with Crippen LogP contribution in [0.5, 0.6) is 0 Å². The summed E-state index contributed by atoms with van der Waals surface area (Å²) in [7, 11) is 1.71. The summed E-state index contributed by atoms with van der Waals surface area (Å²) in [4.78, 5) is 24.4. The summed E-state index contributed by atoms with van der Waals surface area (Å²) in [5, 5.41) is 10.6. The minimum absolute atomic E-state index is 0.0613. The molecule has 0 N–H and O–H groups in total. The highest BCUT2D eigenvalue weighted by Crippen LogP contribution is 2.36. The summed E-state index contributed by atoms with van der Waals surface area (Å²) < 4.78 is 3.61. The number of hydrogen-bond acceptors (Lipinski definition) is 3. The number of fused-ring (bicyclic) bond motifs is 1. The number of pyridine rings is 1. The average molecular weight is 398 g/mol. The normalized spacial score (nSPS) is 18.7. The Labute approximate surface area is 175 Å². The molecule has 150 valence electrons. The van der Waals surface area contributed by atoms with Gasteiger partial charge in [-0.15, -0.1) is 0 Å². The lowest BCUT2D eigenvalue weighted by atomic mass is 9.75. The van der Waals surface area contributed by atoms with Crippen LogP contribution in [0.3, 0.4) is 0 Å². The zero-order valence-electron chi connectivity index (χ0n) is 17.5. The molecule has 1 atom stereocenters. The number of ketones is 1. The van der Waals surface area contributed by atoms with Crippen molar-refractivity contribution in [2.24, 2.45) is 7.05 Å². The third-order valence-corrected chi connectivity index (χ3v) is 6.33. The van der Waals surface area contributed by atoms with Crippen LogP contribution in [0, 0.1) is 11.3 Å². The van der Waals surface area contributed by atoms with E-state index in [9.17, 15) is 14.9 Å². The van der Waals surface area contributed by atoms with E-state index >= 15 is 0 Å². The second-order valence-corrected chi connectivity index (χ2v) is 8.24. The number of aromatic nitrogens is 1. The van der Waals surface area contributed by atoms with Crippen molar-refractivity contribution in [3.63, 3.8) is 0 Å². The van der Waals surface area contributed by atoms with Crippen molar-refractivity contribution >= 4 is 28.6 Å². The molecule has 4 rings (SSSR count). The average Bonchev–Trinajstić information content (AvgIpc) is 2.77. The van der Waals surface area contributed by atoms with Gasteiger partial charge in [-0.1, -0.05) is 43.3 Å². The summed E-state index contributed by atoms with van der Waals surface area (Å²) in [6.45, 7) is 4.50. The molecule has 2 aromatic carbocycles. The van der Waals surface area contributed by atoms with Crippen LogP contribution < -0.4 is 5.56 Å². The third kappa shape index (κ3) is 3.15. The van der Waals surface area contributed by atoms with Crippen molar-refractivity contribution in [3.05, 3.63) is 75.6 Å². The van der Waals surface area contributed by atoms with Gasteiger partial charge in [0.25, 0.3) is 5.56 Å². The fourth-order valence-corrected chi connectivity index (χ4v) is 4.32. The molecular formula is C25H24N3O2+. The van der Waals surface area contributed by atoms with Gasteiger partial charge < -0.3 is 4.57 Å². The lowest BCUT2D eigenvalue weighted by Crippen LogP contribution is -2.34. The van der Waals surface area contributed by atoms with Crippen molar-refractivity contribution in [2.75, 3.05) is 6.54 Å². The molecule has 5 heteroatoms. The number of para-hydroxylation sites is 1. The van der Waals surface area contributed by atoms with Crippen LogP contribution >= 0.6 is 0 Å². The summed E-state index contributed by atoms with van der Waals surface area (Å²) >= 11 is 0. The summed E-state index contributed by atoms with van der Waals surface area (Å²) in [5.41, 5.74) is 3.28. The third-order valence-electron chi connectivity index (χ3n) is 6.33. The van der Waals surface area contributed by atoms with Gasteiger partial charge in [-0.25, -0.2) is 4.58 Å². The highest BCUT2D eigenvalue weighted by atomic mass is 16.1. The number of carbonyl (C=O) groups excluding carboxylic acids is 1. The molecule has 0 aliphatic carbocycles. The molecule has 0 saturated heterocycles. The number of hydrogen-bond donors (Lipinski definition) is 0. The van der Waals surface area contributed by atoms with Crippen LogP contribution in [-0.4, -0.2) is 27.7 Å². The van der Waals surface area contributed by atoms with Crippen molar-refractivity contribution in [1.82, 2.24) is 4.57 Å². The van der Waals surface area contributed by atoms with Gasteiger partial charge in [0.15, 0.2) is 11.3 Å². The number of nitriles is 1. The molecule has 0 saturated carbocycles.